The van der Waals surface area contributed by atoms with Crippen LogP contribution in [0.3, 0.4) is 0 Å². The van der Waals surface area contributed by atoms with Crippen LogP contribution >= 0.6 is 11.8 Å². The highest BCUT2D eigenvalue weighted by Crippen LogP contribution is 2.17. The fourth-order valence-electron chi connectivity index (χ4n) is 1.58. The van der Waals surface area contributed by atoms with Crippen molar-refractivity contribution in [2.45, 2.75) is 18.5 Å². The van der Waals surface area contributed by atoms with Gasteiger partial charge in [0.25, 0.3) is 0 Å². The molecule has 0 aliphatic rings. The van der Waals surface area contributed by atoms with Crippen LogP contribution in [0.2, 0.25) is 0 Å². The molecule has 0 bridgehead atoms. The Labute approximate surface area is 116 Å². The smallest absolute Gasteiger partial charge is 0.343 e. The predicted molar refractivity (Wildman–Crippen MR) is 75.8 cm³/mol. The molecular formula is C13H17N3O2S. The molecule has 0 radical (unpaired) electrons. The van der Waals surface area contributed by atoms with Gasteiger partial charge in [-0.1, -0.05) is 30.0 Å². The minimum absolute atomic E-state index is 0.182. The second-order valence-electron chi connectivity index (χ2n) is 4.19. The molecule has 0 aliphatic heterocycles. The van der Waals surface area contributed by atoms with E-state index < -0.39 is 0 Å². The van der Waals surface area contributed by atoms with Crippen LogP contribution in [0.25, 0.3) is 0 Å². The molecule has 0 aliphatic carbocycles. The van der Waals surface area contributed by atoms with Gasteiger partial charge < -0.3 is 4.74 Å². The second-order valence-corrected chi connectivity index (χ2v) is 5.25. The molecule has 19 heavy (non-hydrogen) atoms. The molecule has 0 amide bonds. The lowest BCUT2D eigenvalue weighted by molar-refractivity contribution is 0.316. The molecule has 1 N–H and O–H groups in total. The summed E-state index contributed by atoms with van der Waals surface area (Å²) in [5.74, 6) is 1.80. The van der Waals surface area contributed by atoms with E-state index >= 15 is 0 Å². The molecule has 1 aromatic heterocycles. The van der Waals surface area contributed by atoms with Gasteiger partial charge in [0.1, 0.15) is 5.75 Å². The molecule has 6 heteroatoms. The van der Waals surface area contributed by atoms with E-state index in [-0.39, 0.29) is 5.69 Å². The number of aryl methyl sites for hydroxylation is 1. The fourth-order valence-corrected chi connectivity index (χ4v) is 2.42. The van der Waals surface area contributed by atoms with Gasteiger partial charge in [0, 0.05) is 12.8 Å². The van der Waals surface area contributed by atoms with Gasteiger partial charge in [0.05, 0.1) is 6.61 Å². The number of hydrogen-bond donors (Lipinski definition) is 1. The van der Waals surface area contributed by atoms with Crippen molar-refractivity contribution in [1.82, 2.24) is 14.8 Å². The lowest BCUT2D eigenvalue weighted by Crippen LogP contribution is -2.13. The molecule has 102 valence electrons. The molecule has 0 saturated carbocycles. The van der Waals surface area contributed by atoms with Crippen molar-refractivity contribution in [3.8, 4) is 5.75 Å². The molecule has 1 aromatic carbocycles. The highest BCUT2D eigenvalue weighted by atomic mass is 32.2. The topological polar surface area (TPSA) is 59.9 Å². The molecule has 2 aromatic rings. The van der Waals surface area contributed by atoms with E-state index in [0.717, 1.165) is 23.5 Å². The molecule has 0 unspecified atom stereocenters. The maximum absolute atomic E-state index is 11.2. The zero-order valence-corrected chi connectivity index (χ0v) is 11.9. The number of rotatable bonds is 6. The van der Waals surface area contributed by atoms with Crippen molar-refractivity contribution < 1.29 is 4.74 Å². The number of benzene rings is 1. The zero-order chi connectivity index (χ0) is 13.7. The largest absolute Gasteiger partial charge is 0.493 e. The lowest BCUT2D eigenvalue weighted by atomic mass is 10.2. The van der Waals surface area contributed by atoms with Crippen LogP contribution < -0.4 is 10.4 Å². The van der Waals surface area contributed by atoms with Crippen LogP contribution in [0.5, 0.6) is 5.75 Å². The normalized spacial score (nSPS) is 10.6. The van der Waals surface area contributed by atoms with Gasteiger partial charge in [0.15, 0.2) is 5.16 Å². The minimum Gasteiger partial charge on any atom is -0.493 e. The first-order valence-corrected chi connectivity index (χ1v) is 7.09. The second kappa shape index (κ2) is 6.47. The molecule has 2 rings (SSSR count). The summed E-state index contributed by atoms with van der Waals surface area (Å²) in [6.07, 6.45) is 0.903. The van der Waals surface area contributed by atoms with Crippen molar-refractivity contribution in [2.24, 2.45) is 7.05 Å². The zero-order valence-electron chi connectivity index (χ0n) is 11.0. The molecule has 0 fully saturated rings. The monoisotopic (exact) mass is 279 g/mol. The Morgan fingerprint density at radius 1 is 1.42 bits per heavy atom. The average molecular weight is 279 g/mol. The van der Waals surface area contributed by atoms with Crippen LogP contribution in [0.15, 0.2) is 34.2 Å². The van der Waals surface area contributed by atoms with Crippen molar-refractivity contribution in [2.75, 3.05) is 12.4 Å². The molecule has 0 saturated heterocycles. The molecular weight excluding hydrogens is 262 g/mol. The highest BCUT2D eigenvalue weighted by Gasteiger charge is 2.04. The minimum atomic E-state index is -0.182. The predicted octanol–water partition coefficient (Wildman–Crippen LogP) is 1.98. The molecule has 0 spiro atoms. The summed E-state index contributed by atoms with van der Waals surface area (Å²) in [5, 5.41) is 7.06. The number of nitrogens with zero attached hydrogens (tertiary/aromatic N) is 2. The third kappa shape index (κ3) is 3.64. The number of H-pyrrole nitrogens is 1. The summed E-state index contributed by atoms with van der Waals surface area (Å²) >= 11 is 1.55. The number of thioether (sulfide) groups is 1. The number of aromatic amines is 1. The van der Waals surface area contributed by atoms with E-state index in [1.165, 1.54) is 4.57 Å². The van der Waals surface area contributed by atoms with Crippen molar-refractivity contribution in [1.29, 1.82) is 0 Å². The standard InChI is InChI=1S/C13H17N3O2S/c1-10-6-3-4-7-11(10)18-8-5-9-19-13-15-14-12(17)16(13)2/h3-4,6-7H,5,8-9H2,1-2H3,(H,14,17). The first kappa shape index (κ1) is 13.7. The number of ether oxygens (including phenoxy) is 1. The van der Waals surface area contributed by atoms with E-state index in [2.05, 4.69) is 10.2 Å². The summed E-state index contributed by atoms with van der Waals surface area (Å²) in [6, 6.07) is 7.97. The van der Waals surface area contributed by atoms with Crippen molar-refractivity contribution in [3.63, 3.8) is 0 Å². The summed E-state index contributed by atoms with van der Waals surface area (Å²) < 4.78 is 7.21. The van der Waals surface area contributed by atoms with Gasteiger partial charge in [-0.2, -0.15) is 0 Å². The quantitative estimate of drug-likeness (QED) is 0.649. The van der Waals surface area contributed by atoms with Gasteiger partial charge in [-0.3, -0.25) is 4.57 Å². The van der Waals surface area contributed by atoms with E-state index in [1.807, 2.05) is 31.2 Å². The van der Waals surface area contributed by atoms with Crippen LogP contribution in [0, 0.1) is 6.92 Å². The number of para-hydroxylation sites is 1. The summed E-state index contributed by atoms with van der Waals surface area (Å²) in [6.45, 7) is 2.69. The number of hydrogen-bond acceptors (Lipinski definition) is 4. The average Bonchev–Trinajstić information content (AvgIpc) is 2.72. The molecule has 0 atom stereocenters. The Kier molecular flexibility index (Phi) is 4.68. The van der Waals surface area contributed by atoms with Crippen LogP contribution in [0.4, 0.5) is 0 Å². The third-order valence-corrected chi connectivity index (χ3v) is 3.83. The van der Waals surface area contributed by atoms with E-state index in [0.29, 0.717) is 11.8 Å². The Morgan fingerprint density at radius 3 is 2.89 bits per heavy atom. The van der Waals surface area contributed by atoms with E-state index in [9.17, 15) is 4.79 Å². The first-order chi connectivity index (χ1) is 9.18. The number of aromatic nitrogens is 3. The van der Waals surface area contributed by atoms with Gasteiger partial charge in [0.2, 0.25) is 0 Å². The maximum Gasteiger partial charge on any atom is 0.343 e. The molecule has 5 nitrogen and oxygen atoms in total. The third-order valence-electron chi connectivity index (χ3n) is 2.71. The molecule has 1 heterocycles. The highest BCUT2D eigenvalue weighted by molar-refractivity contribution is 7.99. The summed E-state index contributed by atoms with van der Waals surface area (Å²) in [4.78, 5) is 11.2. The Bertz CT molecular complexity index is 592. The van der Waals surface area contributed by atoms with E-state index in [4.69, 9.17) is 4.74 Å². The van der Waals surface area contributed by atoms with Gasteiger partial charge in [-0.05, 0) is 25.0 Å². The summed E-state index contributed by atoms with van der Waals surface area (Å²) in [5.41, 5.74) is 0.962. The first-order valence-electron chi connectivity index (χ1n) is 6.11. The fraction of sp³-hybridized carbons (Fsp3) is 0.385. The van der Waals surface area contributed by atoms with Gasteiger partial charge in [-0.25, -0.2) is 9.89 Å². The van der Waals surface area contributed by atoms with Crippen LogP contribution in [0.1, 0.15) is 12.0 Å². The maximum atomic E-state index is 11.2. The van der Waals surface area contributed by atoms with Crippen molar-refractivity contribution in [3.05, 3.63) is 40.3 Å². The SMILES string of the molecule is Cc1ccccc1OCCCSc1n[nH]c(=O)n1C. The van der Waals surface area contributed by atoms with Crippen LogP contribution in [-0.4, -0.2) is 27.1 Å². The van der Waals surface area contributed by atoms with Gasteiger partial charge >= 0.3 is 5.69 Å². The Balaban J connectivity index is 1.72. The van der Waals surface area contributed by atoms with Gasteiger partial charge in [-0.15, -0.1) is 5.10 Å². The Morgan fingerprint density at radius 2 is 2.21 bits per heavy atom. The van der Waals surface area contributed by atoms with Crippen molar-refractivity contribution >= 4 is 11.8 Å². The van der Waals surface area contributed by atoms with E-state index in [1.54, 1.807) is 18.8 Å². The number of nitrogens with one attached hydrogen (secondary N) is 1. The Hall–Kier alpha value is -1.69. The lowest BCUT2D eigenvalue weighted by Gasteiger charge is -2.08. The summed E-state index contributed by atoms with van der Waals surface area (Å²) in [7, 11) is 1.71. The van der Waals surface area contributed by atoms with Crippen LogP contribution in [-0.2, 0) is 7.05 Å².